The molecule has 0 bridgehead atoms. The van der Waals surface area contributed by atoms with Gasteiger partial charge in [-0.3, -0.25) is 4.98 Å². The summed E-state index contributed by atoms with van der Waals surface area (Å²) in [5, 5.41) is 17.3. The van der Waals surface area contributed by atoms with Gasteiger partial charge >= 0.3 is 0 Å². The Bertz CT molecular complexity index is 1020. The Balaban J connectivity index is 1.86. The molecule has 1 atom stereocenters. The summed E-state index contributed by atoms with van der Waals surface area (Å²) in [6, 6.07) is 5.58. The lowest BCUT2D eigenvalue weighted by molar-refractivity contribution is 0.194. The van der Waals surface area contributed by atoms with E-state index >= 15 is 0 Å². The van der Waals surface area contributed by atoms with Crippen LogP contribution in [0.25, 0.3) is 10.5 Å². The van der Waals surface area contributed by atoms with Gasteiger partial charge in [0, 0.05) is 24.2 Å². The molecule has 0 aromatic carbocycles. The van der Waals surface area contributed by atoms with Gasteiger partial charge in [-0.15, -0.1) is 0 Å². The van der Waals surface area contributed by atoms with Crippen molar-refractivity contribution in [3.05, 3.63) is 52.3 Å². The van der Waals surface area contributed by atoms with E-state index in [4.69, 9.17) is 12.3 Å². The van der Waals surface area contributed by atoms with Crippen molar-refractivity contribution in [1.82, 2.24) is 19.6 Å². The molecule has 8 heteroatoms. The van der Waals surface area contributed by atoms with Crippen molar-refractivity contribution in [2.24, 2.45) is 0 Å². The predicted octanol–water partition coefficient (Wildman–Crippen LogP) is 2.84. The van der Waals surface area contributed by atoms with Crippen molar-refractivity contribution in [3.8, 4) is 0 Å². The monoisotopic (exact) mass is 365 g/mol. The van der Waals surface area contributed by atoms with Crippen LogP contribution in [0, 0.1) is 13.5 Å². The van der Waals surface area contributed by atoms with Crippen LogP contribution in [0.5, 0.6) is 0 Å². The summed E-state index contributed by atoms with van der Waals surface area (Å²) in [4.78, 5) is 12.6. The lowest BCUT2D eigenvalue weighted by atomic mass is 10.2. The number of hydrogen-bond acceptors (Lipinski definition) is 6. The number of anilines is 2. The summed E-state index contributed by atoms with van der Waals surface area (Å²) in [6.07, 6.45) is 0.811. The lowest BCUT2D eigenvalue weighted by Crippen LogP contribution is -2.11. The maximum absolute atomic E-state index is 9.66. The van der Waals surface area contributed by atoms with Crippen LogP contribution in [0.15, 0.2) is 18.2 Å². The number of nitrogen functional groups attached to an aromatic ring is 1. The minimum absolute atomic E-state index is 0.262. The molecule has 27 heavy (non-hydrogen) atoms. The van der Waals surface area contributed by atoms with Crippen LogP contribution in [-0.4, -0.2) is 31.2 Å². The first kappa shape index (κ1) is 18.6. The average molecular weight is 365 g/mol. The summed E-state index contributed by atoms with van der Waals surface area (Å²) in [7, 11) is 0. The summed E-state index contributed by atoms with van der Waals surface area (Å²) < 4.78 is 1.54. The minimum atomic E-state index is -0.604. The summed E-state index contributed by atoms with van der Waals surface area (Å²) in [6.45, 7) is 13.6. The van der Waals surface area contributed by atoms with Crippen LogP contribution in [0.3, 0.4) is 0 Å². The zero-order valence-electron chi connectivity index (χ0n) is 15.7. The van der Waals surface area contributed by atoms with Crippen LogP contribution in [0.1, 0.15) is 42.6 Å². The topological polar surface area (TPSA) is 106 Å². The van der Waals surface area contributed by atoms with E-state index in [0.717, 1.165) is 23.4 Å². The third kappa shape index (κ3) is 3.55. The lowest BCUT2D eigenvalue weighted by Gasteiger charge is -2.11. The molecule has 0 radical (unpaired) electrons. The van der Waals surface area contributed by atoms with Gasteiger partial charge in [-0.25, -0.2) is 14.3 Å². The smallest absolute Gasteiger partial charge is 0.268 e. The Hall–Kier alpha value is -3.18. The third-order valence-corrected chi connectivity index (χ3v) is 4.47. The van der Waals surface area contributed by atoms with Gasteiger partial charge in [0.05, 0.1) is 24.1 Å². The first-order chi connectivity index (χ1) is 13.0. The number of nitrogens with one attached hydrogen (secondary N) is 1. The molecule has 0 spiro atoms. The Morgan fingerprint density at radius 3 is 2.81 bits per heavy atom. The maximum Gasteiger partial charge on any atom is 0.268 e. The van der Waals surface area contributed by atoms with Gasteiger partial charge in [0.1, 0.15) is 11.6 Å². The van der Waals surface area contributed by atoms with Gasteiger partial charge in [0.25, 0.3) is 5.69 Å². The number of pyridine rings is 1. The van der Waals surface area contributed by atoms with Crippen molar-refractivity contribution in [3.63, 3.8) is 0 Å². The van der Waals surface area contributed by atoms with Crippen LogP contribution in [0.2, 0.25) is 0 Å². The first-order valence-electron chi connectivity index (χ1n) is 8.89. The van der Waals surface area contributed by atoms with Crippen LogP contribution >= 0.6 is 0 Å². The molecule has 1 unspecified atom stereocenters. The molecule has 4 N–H and O–H groups in total. The molecule has 0 saturated heterocycles. The number of nitrogens with zero attached hydrogens (tertiary/aromatic N) is 5. The Labute approximate surface area is 157 Å². The Morgan fingerprint density at radius 1 is 1.37 bits per heavy atom. The van der Waals surface area contributed by atoms with Crippen LogP contribution < -0.4 is 11.1 Å². The van der Waals surface area contributed by atoms with Gasteiger partial charge in [-0.2, -0.15) is 5.10 Å². The normalized spacial score (nSPS) is 12.1. The summed E-state index contributed by atoms with van der Waals surface area (Å²) in [5.74, 6) is 0.741. The maximum atomic E-state index is 9.66. The van der Waals surface area contributed by atoms with Gasteiger partial charge in [-0.05, 0) is 32.4 Å². The number of aliphatic hydroxyl groups excluding tert-OH is 1. The largest absolute Gasteiger partial charge is 0.392 e. The molecular formula is C19H23N7O. The van der Waals surface area contributed by atoms with E-state index in [9.17, 15) is 5.11 Å². The Kier molecular flexibility index (Phi) is 5.23. The molecule has 140 valence electrons. The zero-order chi connectivity index (χ0) is 19.6. The average Bonchev–Trinajstić information content (AvgIpc) is 2.97. The summed E-state index contributed by atoms with van der Waals surface area (Å²) >= 11 is 0. The molecule has 3 aromatic heterocycles. The van der Waals surface area contributed by atoms with E-state index in [2.05, 4.69) is 25.2 Å². The van der Waals surface area contributed by atoms with Crippen molar-refractivity contribution in [2.45, 2.75) is 39.7 Å². The number of fused-ring (bicyclic) bond motifs is 1. The third-order valence-electron chi connectivity index (χ3n) is 4.47. The molecule has 0 aliphatic heterocycles. The predicted molar refractivity (Wildman–Crippen MR) is 105 cm³/mol. The number of nitrogens with two attached hydrogens (primary N) is 1. The van der Waals surface area contributed by atoms with E-state index in [1.807, 2.05) is 26.0 Å². The molecule has 3 aromatic rings. The molecule has 3 heterocycles. The highest BCUT2D eigenvalue weighted by atomic mass is 16.3. The van der Waals surface area contributed by atoms with E-state index in [1.54, 1.807) is 17.5 Å². The number of rotatable bonds is 6. The van der Waals surface area contributed by atoms with Crippen LogP contribution in [-0.2, 0) is 12.8 Å². The van der Waals surface area contributed by atoms with Gasteiger partial charge in [-0.1, -0.05) is 13.0 Å². The first-order valence-corrected chi connectivity index (χ1v) is 8.89. The van der Waals surface area contributed by atoms with Crippen molar-refractivity contribution < 1.29 is 5.11 Å². The molecule has 0 fully saturated rings. The zero-order valence-corrected chi connectivity index (χ0v) is 15.7. The van der Waals surface area contributed by atoms with E-state index < -0.39 is 6.10 Å². The highest BCUT2D eigenvalue weighted by molar-refractivity contribution is 5.80. The highest BCUT2D eigenvalue weighted by Gasteiger charge is 2.18. The van der Waals surface area contributed by atoms with E-state index in [1.165, 1.54) is 0 Å². The van der Waals surface area contributed by atoms with Crippen molar-refractivity contribution in [2.75, 3.05) is 17.6 Å². The molecule has 3 rings (SSSR count). The fourth-order valence-corrected chi connectivity index (χ4v) is 3.04. The van der Waals surface area contributed by atoms with Crippen molar-refractivity contribution in [1.29, 1.82) is 0 Å². The number of hydrogen-bond donors (Lipinski definition) is 3. The quantitative estimate of drug-likeness (QED) is 0.580. The fourth-order valence-electron chi connectivity index (χ4n) is 3.04. The number of aryl methyl sites for hydroxylation is 2. The molecule has 0 saturated carbocycles. The highest BCUT2D eigenvalue weighted by Crippen LogP contribution is 2.32. The second kappa shape index (κ2) is 7.60. The van der Waals surface area contributed by atoms with Gasteiger partial charge in [0.15, 0.2) is 5.65 Å². The van der Waals surface area contributed by atoms with E-state index in [-0.39, 0.29) is 11.5 Å². The molecule has 0 amide bonds. The van der Waals surface area contributed by atoms with E-state index in [0.29, 0.717) is 30.1 Å². The molecular weight excluding hydrogens is 342 g/mol. The Morgan fingerprint density at radius 2 is 2.15 bits per heavy atom. The number of aliphatic hydroxyl groups is 1. The SMILES string of the molecule is [C-]#[N+]c1c(NCCc2cccc(C(C)O)n2)nc2c(CC)c(C)nn2c1N. The minimum Gasteiger partial charge on any atom is -0.392 e. The fraction of sp³-hybridized carbons (Fsp3) is 0.368. The standard InChI is InChI=1S/C19H23N7O/c1-5-14-11(2)25-26-17(20)16(21-4)18(24-19(14)26)22-10-9-13-7-6-8-15(23-13)12(3)27/h6-8,12,27H,5,9-10,20H2,1-3H3,(H,22,24). The number of aromatic nitrogens is 4. The van der Waals surface area contributed by atoms with Crippen LogP contribution in [0.4, 0.5) is 17.3 Å². The molecule has 0 aliphatic carbocycles. The summed E-state index contributed by atoms with van der Waals surface area (Å²) in [5.41, 5.74) is 10.5. The van der Waals surface area contributed by atoms with Crippen molar-refractivity contribution >= 4 is 23.0 Å². The molecule has 8 nitrogen and oxygen atoms in total. The second-order valence-electron chi connectivity index (χ2n) is 6.37. The van der Waals surface area contributed by atoms with Gasteiger partial charge in [0.2, 0.25) is 0 Å². The molecule has 0 aliphatic rings. The van der Waals surface area contributed by atoms with Gasteiger partial charge < -0.3 is 16.2 Å². The second-order valence-corrected chi connectivity index (χ2v) is 6.37.